The summed E-state index contributed by atoms with van der Waals surface area (Å²) in [5.74, 6) is 0.637. The van der Waals surface area contributed by atoms with Crippen LogP contribution in [0.25, 0.3) is 0 Å². The molecule has 0 radical (unpaired) electrons. The summed E-state index contributed by atoms with van der Waals surface area (Å²) < 4.78 is 42.3. The van der Waals surface area contributed by atoms with Crippen molar-refractivity contribution in [2.24, 2.45) is 0 Å². The summed E-state index contributed by atoms with van der Waals surface area (Å²) in [6.07, 6.45) is -6.43. The second kappa shape index (κ2) is 8.05. The van der Waals surface area contributed by atoms with Crippen LogP contribution in [-0.4, -0.2) is 48.0 Å². The van der Waals surface area contributed by atoms with E-state index in [9.17, 15) is 18.0 Å². The molecule has 0 aliphatic rings. The Kier molecular flexibility index (Phi) is 6.68. The number of carbonyl (C=O) groups excluding carboxylic acids is 1. The lowest BCUT2D eigenvalue weighted by Gasteiger charge is -2.22. The molecule has 8 heteroatoms. The van der Waals surface area contributed by atoms with Crippen LogP contribution in [0.15, 0.2) is 24.3 Å². The van der Waals surface area contributed by atoms with Gasteiger partial charge in [-0.1, -0.05) is 6.92 Å². The summed E-state index contributed by atoms with van der Waals surface area (Å²) in [5.41, 5.74) is 0.417. The Balaban J connectivity index is 2.56. The number of halogens is 3. The van der Waals surface area contributed by atoms with Gasteiger partial charge in [-0.15, -0.1) is 0 Å². The maximum absolute atomic E-state index is 12.3. The molecule has 0 fully saturated rings. The van der Waals surface area contributed by atoms with Gasteiger partial charge in [-0.3, -0.25) is 0 Å². The van der Waals surface area contributed by atoms with Crippen molar-refractivity contribution in [2.45, 2.75) is 38.7 Å². The Morgan fingerprint density at radius 3 is 2.39 bits per heavy atom. The number of rotatable bonds is 6. The second-order valence-electron chi connectivity index (χ2n) is 5.23. The van der Waals surface area contributed by atoms with E-state index in [1.807, 2.05) is 13.8 Å². The Bertz CT molecular complexity index is 506. The SMILES string of the molecule is CCC(C)Oc1ccc(NC(=O)N(C)CC(O)C(F)(F)F)cc1. The van der Waals surface area contributed by atoms with Crippen LogP contribution in [0.5, 0.6) is 5.75 Å². The van der Waals surface area contributed by atoms with Gasteiger partial charge in [0.1, 0.15) is 5.75 Å². The molecule has 0 saturated carbocycles. The molecule has 0 bridgehead atoms. The van der Waals surface area contributed by atoms with Gasteiger partial charge in [-0.05, 0) is 37.6 Å². The number of nitrogens with zero attached hydrogens (tertiary/aromatic N) is 1. The fourth-order valence-corrected chi connectivity index (χ4v) is 1.60. The van der Waals surface area contributed by atoms with Crippen LogP contribution < -0.4 is 10.1 Å². The number of aliphatic hydroxyl groups excluding tert-OH is 1. The highest BCUT2D eigenvalue weighted by molar-refractivity contribution is 5.89. The average Bonchev–Trinajstić information content (AvgIpc) is 2.47. The van der Waals surface area contributed by atoms with Gasteiger partial charge in [-0.2, -0.15) is 13.2 Å². The quantitative estimate of drug-likeness (QED) is 0.839. The number of hydrogen-bond acceptors (Lipinski definition) is 3. The van der Waals surface area contributed by atoms with Crippen LogP contribution in [0.4, 0.5) is 23.7 Å². The highest BCUT2D eigenvalue weighted by Crippen LogP contribution is 2.21. The van der Waals surface area contributed by atoms with Crippen molar-refractivity contribution in [1.82, 2.24) is 4.90 Å². The Morgan fingerprint density at radius 1 is 1.35 bits per heavy atom. The number of benzene rings is 1. The third-order valence-electron chi connectivity index (χ3n) is 3.19. The van der Waals surface area contributed by atoms with Crippen molar-refractivity contribution in [3.63, 3.8) is 0 Å². The first-order valence-corrected chi connectivity index (χ1v) is 7.17. The Morgan fingerprint density at radius 2 is 1.91 bits per heavy atom. The number of carbonyl (C=O) groups is 1. The van der Waals surface area contributed by atoms with Gasteiger partial charge in [0, 0.05) is 12.7 Å². The molecular formula is C15H21F3N2O3. The summed E-state index contributed by atoms with van der Waals surface area (Å²) in [4.78, 5) is 12.6. The maximum atomic E-state index is 12.3. The molecule has 1 rings (SSSR count). The maximum Gasteiger partial charge on any atom is 0.416 e. The molecule has 0 heterocycles. The number of anilines is 1. The monoisotopic (exact) mass is 334 g/mol. The second-order valence-corrected chi connectivity index (χ2v) is 5.23. The summed E-state index contributed by atoms with van der Waals surface area (Å²) in [6.45, 7) is 3.08. The third-order valence-corrected chi connectivity index (χ3v) is 3.19. The Labute approximate surface area is 133 Å². The first-order chi connectivity index (χ1) is 10.6. The van der Waals surface area contributed by atoms with Crippen molar-refractivity contribution >= 4 is 11.7 Å². The summed E-state index contributed by atoms with van der Waals surface area (Å²) in [6, 6.07) is 5.75. The van der Waals surface area contributed by atoms with Crippen molar-refractivity contribution in [3.05, 3.63) is 24.3 Å². The van der Waals surface area contributed by atoms with Crippen molar-refractivity contribution in [2.75, 3.05) is 18.9 Å². The predicted octanol–water partition coefficient (Wildman–Crippen LogP) is 3.25. The lowest BCUT2D eigenvalue weighted by Crippen LogP contribution is -2.43. The van der Waals surface area contributed by atoms with Gasteiger partial charge in [0.2, 0.25) is 0 Å². The van der Waals surface area contributed by atoms with E-state index in [1.54, 1.807) is 24.3 Å². The molecule has 0 spiro atoms. The number of likely N-dealkylation sites (N-methyl/N-ethyl adjacent to an activating group) is 1. The molecule has 130 valence electrons. The summed E-state index contributed by atoms with van der Waals surface area (Å²) in [7, 11) is 1.17. The van der Waals surface area contributed by atoms with Gasteiger partial charge >= 0.3 is 12.2 Å². The largest absolute Gasteiger partial charge is 0.491 e. The van der Waals surface area contributed by atoms with E-state index < -0.39 is 24.9 Å². The van der Waals surface area contributed by atoms with Gasteiger partial charge in [0.15, 0.2) is 6.10 Å². The summed E-state index contributed by atoms with van der Waals surface area (Å²) in [5, 5.41) is 11.4. The first-order valence-electron chi connectivity index (χ1n) is 7.17. The lowest BCUT2D eigenvalue weighted by molar-refractivity contribution is -0.205. The minimum Gasteiger partial charge on any atom is -0.491 e. The van der Waals surface area contributed by atoms with Gasteiger partial charge in [0.05, 0.1) is 12.6 Å². The number of aliphatic hydroxyl groups is 1. The van der Waals surface area contributed by atoms with E-state index in [4.69, 9.17) is 9.84 Å². The zero-order valence-corrected chi connectivity index (χ0v) is 13.2. The van der Waals surface area contributed by atoms with Crippen molar-refractivity contribution in [3.8, 4) is 5.75 Å². The predicted molar refractivity (Wildman–Crippen MR) is 80.5 cm³/mol. The molecule has 2 atom stereocenters. The zero-order valence-electron chi connectivity index (χ0n) is 13.2. The molecule has 2 N–H and O–H groups in total. The van der Waals surface area contributed by atoms with E-state index in [0.29, 0.717) is 11.4 Å². The fraction of sp³-hybridized carbons (Fsp3) is 0.533. The first kappa shape index (κ1) is 19.1. The standard InChI is InChI=1S/C15H21F3N2O3/c1-4-10(2)23-12-7-5-11(6-8-12)19-14(22)20(3)9-13(21)15(16,17)18/h5-8,10,13,21H,4,9H2,1-3H3,(H,19,22). The van der Waals surface area contributed by atoms with E-state index in [-0.39, 0.29) is 6.10 Å². The number of ether oxygens (including phenoxy) is 1. The Hall–Kier alpha value is -1.96. The van der Waals surface area contributed by atoms with Crippen LogP contribution >= 0.6 is 0 Å². The normalized spacial score (nSPS) is 14.0. The molecule has 1 aromatic carbocycles. The molecule has 2 unspecified atom stereocenters. The number of urea groups is 1. The molecule has 1 aromatic rings. The van der Waals surface area contributed by atoms with Crippen LogP contribution in [0.3, 0.4) is 0 Å². The van der Waals surface area contributed by atoms with E-state index in [0.717, 1.165) is 11.3 Å². The van der Waals surface area contributed by atoms with Gasteiger partial charge in [-0.25, -0.2) is 4.79 Å². The average molecular weight is 334 g/mol. The minimum atomic E-state index is -4.76. The van der Waals surface area contributed by atoms with Gasteiger partial charge in [0.25, 0.3) is 0 Å². The van der Waals surface area contributed by atoms with Crippen LogP contribution in [0.2, 0.25) is 0 Å². The topological polar surface area (TPSA) is 61.8 Å². The zero-order chi connectivity index (χ0) is 17.6. The molecule has 0 aliphatic carbocycles. The number of amides is 2. The molecule has 5 nitrogen and oxygen atoms in total. The van der Waals surface area contributed by atoms with E-state index >= 15 is 0 Å². The highest BCUT2D eigenvalue weighted by atomic mass is 19.4. The van der Waals surface area contributed by atoms with Crippen molar-refractivity contribution < 1.29 is 27.8 Å². The molecule has 2 amide bonds. The number of alkyl halides is 3. The number of hydrogen-bond donors (Lipinski definition) is 2. The lowest BCUT2D eigenvalue weighted by atomic mass is 10.3. The van der Waals surface area contributed by atoms with E-state index in [1.165, 1.54) is 7.05 Å². The molecular weight excluding hydrogens is 313 g/mol. The number of nitrogens with one attached hydrogen (secondary N) is 1. The highest BCUT2D eigenvalue weighted by Gasteiger charge is 2.39. The third kappa shape index (κ3) is 6.35. The minimum absolute atomic E-state index is 0.0606. The smallest absolute Gasteiger partial charge is 0.416 e. The molecule has 0 aliphatic heterocycles. The van der Waals surface area contributed by atoms with Crippen LogP contribution in [0, 0.1) is 0 Å². The summed E-state index contributed by atoms with van der Waals surface area (Å²) >= 11 is 0. The molecule has 23 heavy (non-hydrogen) atoms. The van der Waals surface area contributed by atoms with Crippen LogP contribution in [0.1, 0.15) is 20.3 Å². The van der Waals surface area contributed by atoms with Crippen molar-refractivity contribution in [1.29, 1.82) is 0 Å². The van der Waals surface area contributed by atoms with Crippen LogP contribution in [-0.2, 0) is 0 Å². The van der Waals surface area contributed by atoms with Gasteiger partial charge < -0.3 is 20.1 Å². The van der Waals surface area contributed by atoms with E-state index in [2.05, 4.69) is 5.32 Å². The fourth-order valence-electron chi connectivity index (χ4n) is 1.60. The molecule has 0 saturated heterocycles. The molecule has 0 aromatic heterocycles.